The molecule has 0 aromatic carbocycles. The molecular formula is C20H18ClF3N4O. The number of pyridine rings is 2. The highest BCUT2D eigenvalue weighted by molar-refractivity contribution is 6.30. The highest BCUT2D eigenvalue weighted by atomic mass is 35.5. The second kappa shape index (κ2) is 7.67. The Morgan fingerprint density at radius 2 is 2.07 bits per heavy atom. The highest BCUT2D eigenvalue weighted by Crippen LogP contribution is 2.30. The smallest absolute Gasteiger partial charge is 0.342 e. The van der Waals surface area contributed by atoms with Gasteiger partial charge in [-0.1, -0.05) is 17.7 Å². The number of piperidine rings is 1. The van der Waals surface area contributed by atoms with Crippen molar-refractivity contribution in [1.82, 2.24) is 19.3 Å². The number of imidazole rings is 1. The van der Waals surface area contributed by atoms with Crippen LogP contribution in [-0.4, -0.2) is 44.4 Å². The van der Waals surface area contributed by atoms with Crippen molar-refractivity contribution >= 4 is 23.2 Å². The molecule has 5 nitrogen and oxygen atoms in total. The van der Waals surface area contributed by atoms with E-state index in [9.17, 15) is 18.0 Å². The molecule has 29 heavy (non-hydrogen) atoms. The Labute approximate surface area is 170 Å². The maximum absolute atomic E-state index is 12.6. The summed E-state index contributed by atoms with van der Waals surface area (Å²) in [7, 11) is 0. The van der Waals surface area contributed by atoms with Crippen molar-refractivity contribution in [2.75, 3.05) is 13.1 Å². The topological polar surface area (TPSA) is 50.5 Å². The molecule has 0 unspecified atom stereocenters. The Morgan fingerprint density at radius 1 is 1.24 bits per heavy atom. The van der Waals surface area contributed by atoms with E-state index in [2.05, 4.69) is 4.98 Å². The Hall–Kier alpha value is -2.61. The summed E-state index contributed by atoms with van der Waals surface area (Å²) >= 11 is 6.09. The molecule has 0 bridgehead atoms. The van der Waals surface area contributed by atoms with Crippen LogP contribution in [-0.2, 0) is 4.79 Å². The van der Waals surface area contributed by atoms with E-state index in [0.29, 0.717) is 23.7 Å². The van der Waals surface area contributed by atoms with Crippen LogP contribution in [0.4, 0.5) is 13.2 Å². The monoisotopic (exact) mass is 422 g/mol. The van der Waals surface area contributed by atoms with E-state index < -0.39 is 18.5 Å². The Bertz CT molecular complexity index is 1050. The van der Waals surface area contributed by atoms with E-state index in [4.69, 9.17) is 16.6 Å². The number of carbonyl (C=O) groups is 1. The number of fused-ring (bicyclic) bond motifs is 1. The summed E-state index contributed by atoms with van der Waals surface area (Å²) in [5, 5.41) is 0.569. The van der Waals surface area contributed by atoms with E-state index in [0.717, 1.165) is 23.5 Å². The first-order chi connectivity index (χ1) is 13.8. The molecule has 1 amide bonds. The molecule has 0 saturated carbocycles. The minimum atomic E-state index is -4.49. The molecule has 4 rings (SSSR count). The maximum atomic E-state index is 12.6. The number of nitrogens with zero attached hydrogens (tertiary/aromatic N) is 4. The number of amides is 1. The van der Waals surface area contributed by atoms with Crippen LogP contribution >= 0.6 is 11.6 Å². The molecule has 9 heteroatoms. The number of halogens is 4. The van der Waals surface area contributed by atoms with Gasteiger partial charge in [-0.3, -0.25) is 14.2 Å². The molecule has 0 radical (unpaired) electrons. The summed E-state index contributed by atoms with van der Waals surface area (Å²) in [6.45, 7) is 0.585. The average molecular weight is 423 g/mol. The minimum Gasteiger partial charge on any atom is -0.342 e. The lowest BCUT2D eigenvalue weighted by molar-refractivity contribution is -0.162. The summed E-state index contributed by atoms with van der Waals surface area (Å²) < 4.78 is 39.6. The van der Waals surface area contributed by atoms with Gasteiger partial charge in [0.15, 0.2) is 0 Å². The van der Waals surface area contributed by atoms with Crippen molar-refractivity contribution in [2.45, 2.75) is 31.4 Å². The summed E-state index contributed by atoms with van der Waals surface area (Å²) in [5.41, 5.74) is 2.95. The first-order valence-electron chi connectivity index (χ1n) is 9.24. The molecule has 1 atom stereocenters. The maximum Gasteiger partial charge on any atom is 0.397 e. The summed E-state index contributed by atoms with van der Waals surface area (Å²) in [6.07, 6.45) is -1.04. The van der Waals surface area contributed by atoms with Gasteiger partial charge in [-0.25, -0.2) is 4.98 Å². The average Bonchev–Trinajstić information content (AvgIpc) is 3.10. The van der Waals surface area contributed by atoms with E-state index in [1.807, 2.05) is 22.6 Å². The zero-order chi connectivity index (χ0) is 20.6. The first kappa shape index (κ1) is 19.7. The molecule has 3 aromatic heterocycles. The van der Waals surface area contributed by atoms with Crippen LogP contribution in [0.1, 0.15) is 30.9 Å². The van der Waals surface area contributed by atoms with Gasteiger partial charge in [0.2, 0.25) is 5.91 Å². The molecule has 3 aromatic rings. The van der Waals surface area contributed by atoms with E-state index >= 15 is 0 Å². The van der Waals surface area contributed by atoms with Crippen LogP contribution in [0.5, 0.6) is 0 Å². The van der Waals surface area contributed by atoms with Crippen LogP contribution in [0.25, 0.3) is 17.0 Å². The number of likely N-dealkylation sites (tertiary alicyclic amines) is 1. The molecule has 1 fully saturated rings. The fraction of sp³-hybridized carbons (Fsp3) is 0.350. The number of hydrogen-bond donors (Lipinski definition) is 0. The molecule has 1 aliphatic rings. The molecule has 1 aliphatic heterocycles. The highest BCUT2D eigenvalue weighted by Gasteiger charge is 2.35. The van der Waals surface area contributed by atoms with Crippen molar-refractivity contribution < 1.29 is 18.0 Å². The fourth-order valence-electron chi connectivity index (χ4n) is 3.69. The van der Waals surface area contributed by atoms with Crippen LogP contribution in [0.3, 0.4) is 0 Å². The van der Waals surface area contributed by atoms with Gasteiger partial charge < -0.3 is 4.90 Å². The Kier molecular flexibility index (Phi) is 5.21. The summed E-state index contributed by atoms with van der Waals surface area (Å²) in [6, 6.07) is 9.12. The minimum absolute atomic E-state index is 0.108. The number of aromatic nitrogens is 3. The van der Waals surface area contributed by atoms with E-state index in [1.165, 1.54) is 4.90 Å². The lowest BCUT2D eigenvalue weighted by Gasteiger charge is -2.33. The van der Waals surface area contributed by atoms with Crippen molar-refractivity contribution in [2.24, 2.45) is 0 Å². The zero-order valence-electron chi connectivity index (χ0n) is 15.4. The molecule has 0 aliphatic carbocycles. The largest absolute Gasteiger partial charge is 0.397 e. The van der Waals surface area contributed by atoms with Gasteiger partial charge in [0, 0.05) is 30.9 Å². The van der Waals surface area contributed by atoms with Crippen molar-refractivity contribution in [3.63, 3.8) is 0 Å². The van der Waals surface area contributed by atoms with Gasteiger partial charge >= 0.3 is 6.18 Å². The second-order valence-corrected chi connectivity index (χ2v) is 7.57. The second-order valence-electron chi connectivity index (χ2n) is 7.14. The Morgan fingerprint density at radius 3 is 2.86 bits per heavy atom. The number of alkyl halides is 3. The van der Waals surface area contributed by atoms with Gasteiger partial charge in [0.05, 0.1) is 22.6 Å². The third kappa shape index (κ3) is 4.37. The van der Waals surface area contributed by atoms with Gasteiger partial charge in [-0.2, -0.15) is 13.2 Å². The first-order valence-corrected chi connectivity index (χ1v) is 9.62. The summed E-state index contributed by atoms with van der Waals surface area (Å²) in [5.74, 6) is -0.988. The standard InChI is InChI=1S/C20H18ClF3N4O/c21-14-6-7-18-25-10-17(28(18)12-14)16-5-1-4-15(26-16)13-3-2-8-27(11-13)19(29)9-20(22,23)24/h1,4-7,10,12-13H,2-3,8-9,11H2/t13-/m1/s1. The number of carbonyl (C=O) groups excluding carboxylic acids is 1. The van der Waals surface area contributed by atoms with Crippen LogP contribution in [0.15, 0.2) is 42.7 Å². The molecule has 0 N–H and O–H groups in total. The van der Waals surface area contributed by atoms with Gasteiger partial charge in [-0.15, -0.1) is 0 Å². The van der Waals surface area contributed by atoms with Crippen LogP contribution in [0.2, 0.25) is 5.02 Å². The molecular weight excluding hydrogens is 405 g/mol. The third-order valence-electron chi connectivity index (χ3n) is 5.05. The fourth-order valence-corrected chi connectivity index (χ4v) is 3.85. The van der Waals surface area contributed by atoms with Crippen LogP contribution < -0.4 is 0 Å². The SMILES string of the molecule is O=C(CC(F)(F)F)N1CCC[C@@H](c2cccc(-c3cnc4ccc(Cl)cn34)n2)C1. The van der Waals surface area contributed by atoms with Crippen LogP contribution in [0, 0.1) is 0 Å². The number of rotatable bonds is 3. The normalized spacial score (nSPS) is 17.7. The van der Waals surface area contributed by atoms with Crippen molar-refractivity contribution in [1.29, 1.82) is 0 Å². The van der Waals surface area contributed by atoms with E-state index in [1.54, 1.807) is 24.5 Å². The molecule has 1 saturated heterocycles. The molecule has 152 valence electrons. The van der Waals surface area contributed by atoms with Crippen molar-refractivity contribution in [3.05, 3.63) is 53.4 Å². The van der Waals surface area contributed by atoms with Gasteiger partial charge in [-0.05, 0) is 37.1 Å². The van der Waals surface area contributed by atoms with Gasteiger partial charge in [0.1, 0.15) is 12.1 Å². The molecule has 0 spiro atoms. The Balaban J connectivity index is 1.58. The number of hydrogen-bond acceptors (Lipinski definition) is 3. The quantitative estimate of drug-likeness (QED) is 0.614. The lowest BCUT2D eigenvalue weighted by atomic mass is 9.93. The summed E-state index contributed by atoms with van der Waals surface area (Å²) in [4.78, 5) is 22.4. The van der Waals surface area contributed by atoms with Crippen molar-refractivity contribution in [3.8, 4) is 11.4 Å². The zero-order valence-corrected chi connectivity index (χ0v) is 16.1. The predicted octanol–water partition coefficient (Wildman–Crippen LogP) is 4.71. The van der Waals surface area contributed by atoms with E-state index in [-0.39, 0.29) is 12.5 Å². The lowest BCUT2D eigenvalue weighted by Crippen LogP contribution is -2.41. The molecule has 4 heterocycles. The predicted molar refractivity (Wildman–Crippen MR) is 103 cm³/mol. The third-order valence-corrected chi connectivity index (χ3v) is 5.27. The van der Waals surface area contributed by atoms with Gasteiger partial charge in [0.25, 0.3) is 0 Å².